The minimum absolute atomic E-state index is 0.0650. The highest BCUT2D eigenvalue weighted by Gasteiger charge is 2.40. The lowest BCUT2D eigenvalue weighted by molar-refractivity contribution is -0.126. The van der Waals surface area contributed by atoms with Crippen molar-refractivity contribution in [2.45, 2.75) is 109 Å². The van der Waals surface area contributed by atoms with Crippen LogP contribution in [0.5, 0.6) is 5.75 Å². The van der Waals surface area contributed by atoms with Gasteiger partial charge in [0, 0.05) is 53.3 Å². The zero-order valence-electron chi connectivity index (χ0n) is 30.9. The number of carbonyl (C=O) groups excluding carboxylic acids is 3. The van der Waals surface area contributed by atoms with E-state index in [0.717, 1.165) is 35.9 Å². The molecule has 1 aromatic heterocycles. The quantitative estimate of drug-likeness (QED) is 0.174. The molecule has 12 nitrogen and oxygen atoms in total. The van der Waals surface area contributed by atoms with Gasteiger partial charge in [0.1, 0.15) is 34.4 Å². The maximum atomic E-state index is 14.0. The standard InChI is InChI=1S/C38H49Cl2N5O7S/c1-23-20-24(2)43-34-27(23)12-7-14-31(34)51-22-28-29(39)15-16-32(33(28)40)53(49,50)45-19-8-13-30(45)36(47)42-18-9-17-41-35(46)25-10-6-11-26(21-25)44-37(48)52-38(3,4)5/h7,12,14-16,20,25-26,30H,6,8-11,13,17-19,21-22H2,1-5H3,(H,41,46)(H,42,47)(H,44,48)/t25?,26?,30-/m0/s1. The van der Waals surface area contributed by atoms with Crippen molar-refractivity contribution in [1.82, 2.24) is 25.2 Å². The van der Waals surface area contributed by atoms with E-state index in [2.05, 4.69) is 20.9 Å². The molecule has 3 atom stereocenters. The monoisotopic (exact) mass is 789 g/mol. The molecule has 2 unspecified atom stereocenters. The second-order valence-electron chi connectivity index (χ2n) is 14.8. The molecule has 0 radical (unpaired) electrons. The number of hydrogen-bond donors (Lipinski definition) is 3. The highest BCUT2D eigenvalue weighted by atomic mass is 35.5. The predicted octanol–water partition coefficient (Wildman–Crippen LogP) is 6.60. The Bertz CT molecular complexity index is 1950. The van der Waals surface area contributed by atoms with Gasteiger partial charge in [0.05, 0.1) is 5.02 Å². The van der Waals surface area contributed by atoms with Crippen molar-refractivity contribution in [1.29, 1.82) is 0 Å². The van der Waals surface area contributed by atoms with Gasteiger partial charge in [-0.25, -0.2) is 18.2 Å². The molecule has 1 aliphatic heterocycles. The minimum atomic E-state index is -4.19. The molecular formula is C38H49Cl2N5O7S. The van der Waals surface area contributed by atoms with Gasteiger partial charge in [-0.2, -0.15) is 4.31 Å². The molecule has 0 spiro atoms. The summed E-state index contributed by atoms with van der Waals surface area (Å²) < 4.78 is 40.6. The van der Waals surface area contributed by atoms with Gasteiger partial charge in [-0.05, 0) is 103 Å². The summed E-state index contributed by atoms with van der Waals surface area (Å²) in [5, 5.41) is 9.76. The fraction of sp³-hybridized carbons (Fsp3) is 0.526. The van der Waals surface area contributed by atoms with E-state index in [1.807, 2.05) is 32.0 Å². The number of benzene rings is 2. The first-order valence-electron chi connectivity index (χ1n) is 18.1. The van der Waals surface area contributed by atoms with Gasteiger partial charge in [-0.1, -0.05) is 41.8 Å². The zero-order valence-corrected chi connectivity index (χ0v) is 33.2. The van der Waals surface area contributed by atoms with Gasteiger partial charge in [0.15, 0.2) is 0 Å². The molecule has 2 heterocycles. The van der Waals surface area contributed by atoms with Crippen LogP contribution in [0.2, 0.25) is 10.0 Å². The second kappa shape index (κ2) is 17.2. The van der Waals surface area contributed by atoms with E-state index in [9.17, 15) is 22.8 Å². The van der Waals surface area contributed by atoms with Crippen LogP contribution in [0.3, 0.4) is 0 Å². The molecule has 1 saturated carbocycles. The van der Waals surface area contributed by atoms with Gasteiger partial charge < -0.3 is 25.4 Å². The summed E-state index contributed by atoms with van der Waals surface area (Å²) in [6.07, 6.45) is 3.69. The first-order valence-corrected chi connectivity index (χ1v) is 20.3. The van der Waals surface area contributed by atoms with E-state index < -0.39 is 33.7 Å². The summed E-state index contributed by atoms with van der Waals surface area (Å²) in [7, 11) is -4.19. The Morgan fingerprint density at radius 1 is 0.981 bits per heavy atom. The number of ether oxygens (including phenoxy) is 2. The van der Waals surface area contributed by atoms with E-state index in [-0.39, 0.29) is 52.5 Å². The van der Waals surface area contributed by atoms with Crippen LogP contribution in [-0.4, -0.2) is 72.9 Å². The van der Waals surface area contributed by atoms with Crippen LogP contribution in [0.4, 0.5) is 4.79 Å². The largest absolute Gasteiger partial charge is 0.487 e. The van der Waals surface area contributed by atoms with E-state index in [4.69, 9.17) is 32.7 Å². The summed E-state index contributed by atoms with van der Waals surface area (Å²) >= 11 is 13.3. The zero-order chi connectivity index (χ0) is 38.5. The molecule has 5 rings (SSSR count). The number of sulfonamides is 1. The molecule has 2 aromatic carbocycles. The number of pyridine rings is 1. The lowest BCUT2D eigenvalue weighted by Crippen LogP contribution is -2.46. The van der Waals surface area contributed by atoms with E-state index >= 15 is 0 Å². The molecule has 3 amide bonds. The number of alkyl carbamates (subject to hydrolysis) is 1. The normalized spacial score (nSPS) is 19.5. The number of aryl methyl sites for hydroxylation is 2. The number of halogens is 2. The highest BCUT2D eigenvalue weighted by molar-refractivity contribution is 7.89. The van der Waals surface area contributed by atoms with Gasteiger partial charge in [0.25, 0.3) is 0 Å². The highest BCUT2D eigenvalue weighted by Crippen LogP contribution is 2.37. The van der Waals surface area contributed by atoms with Crippen molar-refractivity contribution < 1.29 is 32.3 Å². The number of carbonyl (C=O) groups is 3. The fourth-order valence-corrected chi connectivity index (χ4v) is 9.47. The molecule has 15 heteroatoms. The third-order valence-electron chi connectivity index (χ3n) is 9.47. The summed E-state index contributed by atoms with van der Waals surface area (Å²) in [5.41, 5.74) is 2.28. The Morgan fingerprint density at radius 3 is 2.45 bits per heavy atom. The number of hydrogen-bond acceptors (Lipinski definition) is 8. The lowest BCUT2D eigenvalue weighted by Gasteiger charge is -2.30. The minimum Gasteiger partial charge on any atom is -0.487 e. The smallest absolute Gasteiger partial charge is 0.407 e. The first-order chi connectivity index (χ1) is 25.0. The maximum absolute atomic E-state index is 14.0. The topological polar surface area (TPSA) is 156 Å². The van der Waals surface area contributed by atoms with Crippen LogP contribution in [0, 0.1) is 19.8 Å². The van der Waals surface area contributed by atoms with Crippen molar-refractivity contribution in [3.8, 4) is 5.75 Å². The molecule has 53 heavy (non-hydrogen) atoms. The summed E-state index contributed by atoms with van der Waals surface area (Å²) in [6, 6.07) is 9.38. The summed E-state index contributed by atoms with van der Waals surface area (Å²) in [5.74, 6) is -0.223. The third-order valence-corrected chi connectivity index (χ3v) is 12.3. The van der Waals surface area contributed by atoms with E-state index in [1.165, 1.54) is 16.4 Å². The molecule has 1 saturated heterocycles. The van der Waals surface area contributed by atoms with Gasteiger partial charge >= 0.3 is 6.09 Å². The Kier molecular flexibility index (Phi) is 13.2. The molecule has 3 N–H and O–H groups in total. The van der Waals surface area contributed by atoms with E-state index in [1.54, 1.807) is 26.8 Å². The SMILES string of the molecule is Cc1cc(C)c2cccc(OCc3c(Cl)ccc(S(=O)(=O)N4CCC[C@H]4C(=O)NCCCNC(=O)C4CCCC(NC(=O)OC(C)(C)C)C4)c3Cl)c2n1. The van der Waals surface area contributed by atoms with Crippen molar-refractivity contribution in [3.05, 3.63) is 63.3 Å². The number of para-hydroxylation sites is 1. The molecule has 3 aromatic rings. The number of aromatic nitrogens is 1. The Labute approximate surface area is 321 Å². The van der Waals surface area contributed by atoms with Gasteiger partial charge in [-0.3, -0.25) is 9.59 Å². The number of rotatable bonds is 12. The second-order valence-corrected chi connectivity index (χ2v) is 17.4. The molecular weight excluding hydrogens is 741 g/mol. The maximum Gasteiger partial charge on any atom is 0.407 e. The van der Waals surface area contributed by atoms with Crippen LogP contribution < -0.4 is 20.7 Å². The number of nitrogens with one attached hydrogen (secondary N) is 3. The van der Waals surface area contributed by atoms with Crippen molar-refractivity contribution in [2.24, 2.45) is 5.92 Å². The Morgan fingerprint density at radius 2 is 1.72 bits per heavy atom. The van der Waals surface area contributed by atoms with E-state index in [0.29, 0.717) is 49.1 Å². The summed E-state index contributed by atoms with van der Waals surface area (Å²) in [6.45, 7) is 9.96. The first kappa shape index (κ1) is 40.5. The van der Waals surface area contributed by atoms with Crippen molar-refractivity contribution >= 4 is 62.0 Å². The lowest BCUT2D eigenvalue weighted by atomic mass is 9.85. The third kappa shape index (κ3) is 10.1. The van der Waals surface area contributed by atoms with Crippen molar-refractivity contribution in [2.75, 3.05) is 19.6 Å². The number of amides is 3. The molecule has 2 aliphatic rings. The summed E-state index contributed by atoms with van der Waals surface area (Å²) in [4.78, 5) is 42.8. The van der Waals surface area contributed by atoms with Crippen LogP contribution in [0.1, 0.15) is 82.5 Å². The molecule has 288 valence electrons. The fourth-order valence-electron chi connectivity index (χ4n) is 6.95. The van der Waals surface area contributed by atoms with Crippen molar-refractivity contribution in [3.63, 3.8) is 0 Å². The molecule has 2 fully saturated rings. The molecule has 1 aliphatic carbocycles. The predicted molar refractivity (Wildman–Crippen MR) is 205 cm³/mol. The number of fused-ring (bicyclic) bond motifs is 1. The van der Waals surface area contributed by atoms with Crippen LogP contribution in [0.15, 0.2) is 41.3 Å². The average Bonchev–Trinajstić information content (AvgIpc) is 3.59. The molecule has 0 bridgehead atoms. The Hall–Kier alpha value is -3.65. The van der Waals surface area contributed by atoms with Crippen LogP contribution in [0.25, 0.3) is 10.9 Å². The average molecular weight is 791 g/mol. The Balaban J connectivity index is 1.14. The van der Waals surface area contributed by atoms with Crippen LogP contribution >= 0.6 is 23.2 Å². The van der Waals surface area contributed by atoms with Gasteiger partial charge in [-0.15, -0.1) is 0 Å². The van der Waals surface area contributed by atoms with Crippen LogP contribution in [-0.2, 0) is 31.0 Å². The van der Waals surface area contributed by atoms with Gasteiger partial charge in [0.2, 0.25) is 21.8 Å². The number of nitrogens with zero attached hydrogens (tertiary/aromatic N) is 2.